The number of rotatable bonds is 5. The van der Waals surface area contributed by atoms with Gasteiger partial charge in [-0.3, -0.25) is 4.79 Å². The lowest BCUT2D eigenvalue weighted by molar-refractivity contribution is -0.123. The second kappa shape index (κ2) is 6.28. The maximum atomic E-state index is 13.2. The Morgan fingerprint density at radius 1 is 1.23 bits per heavy atom. The molecule has 1 aliphatic carbocycles. The van der Waals surface area contributed by atoms with Crippen molar-refractivity contribution in [2.75, 3.05) is 6.61 Å². The molecular weight excluding hydrogens is 281 g/mol. The third-order valence-corrected chi connectivity index (χ3v) is 4.11. The van der Waals surface area contributed by atoms with Crippen molar-refractivity contribution in [1.82, 2.24) is 5.32 Å². The van der Waals surface area contributed by atoms with Crippen LogP contribution in [0, 0.1) is 11.7 Å². The highest BCUT2D eigenvalue weighted by Gasteiger charge is 2.44. The minimum absolute atomic E-state index is 0.0748. The van der Waals surface area contributed by atoms with Gasteiger partial charge in [0.2, 0.25) is 5.91 Å². The van der Waals surface area contributed by atoms with E-state index in [1.807, 2.05) is 36.4 Å². The van der Waals surface area contributed by atoms with E-state index in [0.717, 1.165) is 17.5 Å². The van der Waals surface area contributed by atoms with E-state index in [1.54, 1.807) is 6.07 Å². The Hall–Kier alpha value is -2.20. The van der Waals surface area contributed by atoms with Crippen molar-refractivity contribution in [2.24, 2.45) is 5.92 Å². The lowest BCUT2D eigenvalue weighted by Gasteiger charge is -2.16. The highest BCUT2D eigenvalue weighted by molar-refractivity contribution is 5.83. The Morgan fingerprint density at radius 3 is 2.68 bits per heavy atom. The molecule has 114 valence electrons. The second-order valence-corrected chi connectivity index (χ2v) is 5.66. The smallest absolute Gasteiger partial charge is 0.224 e. The van der Waals surface area contributed by atoms with E-state index in [1.165, 1.54) is 12.1 Å². The highest BCUT2D eigenvalue weighted by atomic mass is 19.1. The average Bonchev–Trinajstić information content (AvgIpc) is 3.34. The van der Waals surface area contributed by atoms with Crippen molar-refractivity contribution in [1.29, 1.82) is 0 Å². The van der Waals surface area contributed by atoms with E-state index in [4.69, 9.17) is 0 Å². The summed E-state index contributed by atoms with van der Waals surface area (Å²) in [5.41, 5.74) is 1.74. The first kappa shape index (κ1) is 14.7. The average molecular weight is 299 g/mol. The van der Waals surface area contributed by atoms with Crippen LogP contribution in [0.3, 0.4) is 0 Å². The molecule has 0 heterocycles. The van der Waals surface area contributed by atoms with Crippen LogP contribution in [-0.4, -0.2) is 17.6 Å². The topological polar surface area (TPSA) is 49.3 Å². The van der Waals surface area contributed by atoms with E-state index in [0.29, 0.717) is 0 Å². The van der Waals surface area contributed by atoms with Gasteiger partial charge in [0.15, 0.2) is 0 Å². The van der Waals surface area contributed by atoms with Gasteiger partial charge in [-0.05, 0) is 35.6 Å². The zero-order valence-electron chi connectivity index (χ0n) is 12.1. The third-order valence-electron chi connectivity index (χ3n) is 4.11. The van der Waals surface area contributed by atoms with Crippen LogP contribution in [0.5, 0.6) is 0 Å². The third kappa shape index (κ3) is 3.17. The van der Waals surface area contributed by atoms with Crippen molar-refractivity contribution in [3.05, 3.63) is 71.5 Å². The first-order chi connectivity index (χ1) is 10.7. The van der Waals surface area contributed by atoms with Crippen molar-refractivity contribution >= 4 is 5.91 Å². The van der Waals surface area contributed by atoms with Gasteiger partial charge in [-0.25, -0.2) is 4.39 Å². The summed E-state index contributed by atoms with van der Waals surface area (Å²) < 4.78 is 13.2. The second-order valence-electron chi connectivity index (χ2n) is 5.66. The van der Waals surface area contributed by atoms with Crippen molar-refractivity contribution < 1.29 is 14.3 Å². The summed E-state index contributed by atoms with van der Waals surface area (Å²) in [6.45, 7) is -0.146. The quantitative estimate of drug-likeness (QED) is 0.892. The molecule has 0 saturated heterocycles. The first-order valence-electron chi connectivity index (χ1n) is 7.40. The molecule has 3 nitrogen and oxygen atoms in total. The molecule has 4 heteroatoms. The Bertz CT molecular complexity index is 659. The number of aliphatic hydroxyl groups is 1. The summed E-state index contributed by atoms with van der Waals surface area (Å²) in [5, 5.41) is 12.4. The Labute approximate surface area is 128 Å². The zero-order chi connectivity index (χ0) is 15.5. The van der Waals surface area contributed by atoms with Crippen molar-refractivity contribution in [2.45, 2.75) is 18.4 Å². The van der Waals surface area contributed by atoms with Crippen molar-refractivity contribution in [3.8, 4) is 0 Å². The van der Waals surface area contributed by atoms with Gasteiger partial charge in [0.1, 0.15) is 5.82 Å². The molecule has 0 aliphatic heterocycles. The number of hydrogen-bond acceptors (Lipinski definition) is 2. The van der Waals surface area contributed by atoms with Gasteiger partial charge >= 0.3 is 0 Å². The largest absolute Gasteiger partial charge is 0.394 e. The zero-order valence-corrected chi connectivity index (χ0v) is 12.1. The molecule has 2 aromatic rings. The number of halogens is 1. The van der Waals surface area contributed by atoms with Gasteiger partial charge in [0.05, 0.1) is 12.6 Å². The minimum atomic E-state index is -0.401. The highest BCUT2D eigenvalue weighted by Crippen LogP contribution is 2.47. The number of hydrogen-bond donors (Lipinski definition) is 2. The molecule has 3 atom stereocenters. The van der Waals surface area contributed by atoms with Gasteiger partial charge in [0, 0.05) is 5.92 Å². The number of benzene rings is 2. The predicted molar refractivity (Wildman–Crippen MR) is 81.7 cm³/mol. The molecule has 1 aliphatic rings. The fraction of sp³-hybridized carbons (Fsp3) is 0.278. The molecule has 22 heavy (non-hydrogen) atoms. The molecule has 0 spiro atoms. The molecule has 1 fully saturated rings. The predicted octanol–water partition coefficient (Wildman–Crippen LogP) is 2.78. The summed E-state index contributed by atoms with van der Waals surface area (Å²) in [4.78, 5) is 12.3. The maximum Gasteiger partial charge on any atom is 0.224 e. The van der Waals surface area contributed by atoms with E-state index < -0.39 is 6.04 Å². The molecule has 1 amide bonds. The molecule has 3 rings (SSSR count). The maximum absolute atomic E-state index is 13.2. The van der Waals surface area contributed by atoms with E-state index in [-0.39, 0.29) is 30.2 Å². The summed E-state index contributed by atoms with van der Waals surface area (Å²) in [5.74, 6) is -0.427. The Morgan fingerprint density at radius 2 is 2.00 bits per heavy atom. The van der Waals surface area contributed by atoms with Crippen LogP contribution < -0.4 is 5.32 Å². The van der Waals surface area contributed by atoms with Crippen LogP contribution in [-0.2, 0) is 4.79 Å². The summed E-state index contributed by atoms with van der Waals surface area (Å²) >= 11 is 0. The fourth-order valence-corrected chi connectivity index (χ4v) is 2.79. The van der Waals surface area contributed by atoms with Crippen LogP contribution in [0.2, 0.25) is 0 Å². The van der Waals surface area contributed by atoms with Gasteiger partial charge in [0.25, 0.3) is 0 Å². The fourth-order valence-electron chi connectivity index (χ4n) is 2.79. The molecule has 1 saturated carbocycles. The number of aliphatic hydroxyl groups excluding tert-OH is 1. The van der Waals surface area contributed by atoms with Crippen molar-refractivity contribution in [3.63, 3.8) is 0 Å². The Kier molecular flexibility index (Phi) is 4.20. The molecule has 2 N–H and O–H groups in total. The summed E-state index contributed by atoms with van der Waals surface area (Å²) in [7, 11) is 0. The summed E-state index contributed by atoms with van der Waals surface area (Å²) in [6, 6.07) is 15.4. The molecule has 0 aromatic heterocycles. The number of nitrogens with one attached hydrogen (secondary N) is 1. The first-order valence-corrected chi connectivity index (χ1v) is 7.40. The molecule has 0 bridgehead atoms. The van der Waals surface area contributed by atoms with Crippen LogP contribution in [0.25, 0.3) is 0 Å². The number of amides is 1. The molecule has 2 aromatic carbocycles. The van der Waals surface area contributed by atoms with Gasteiger partial charge in [-0.15, -0.1) is 0 Å². The van der Waals surface area contributed by atoms with Crippen LogP contribution in [0.1, 0.15) is 29.5 Å². The van der Waals surface area contributed by atoms with E-state index in [9.17, 15) is 14.3 Å². The Balaban J connectivity index is 1.63. The molecule has 0 radical (unpaired) electrons. The van der Waals surface area contributed by atoms with Gasteiger partial charge in [-0.2, -0.15) is 0 Å². The van der Waals surface area contributed by atoms with Gasteiger partial charge < -0.3 is 10.4 Å². The van der Waals surface area contributed by atoms with E-state index >= 15 is 0 Å². The lowest BCUT2D eigenvalue weighted by Crippen LogP contribution is -2.32. The molecular formula is C18H18FNO2. The van der Waals surface area contributed by atoms with Crippen LogP contribution in [0.15, 0.2) is 54.6 Å². The lowest BCUT2D eigenvalue weighted by atomic mass is 10.1. The SMILES string of the molecule is O=C(NC(CO)c1ccccc1)C1CC1c1cccc(F)c1. The van der Waals surface area contributed by atoms with Crippen LogP contribution in [0.4, 0.5) is 4.39 Å². The molecule has 3 unspecified atom stereocenters. The minimum Gasteiger partial charge on any atom is -0.394 e. The number of carbonyl (C=O) groups excluding carboxylic acids is 1. The van der Waals surface area contributed by atoms with Crippen LogP contribution >= 0.6 is 0 Å². The normalized spacial score (nSPS) is 21.2. The number of carbonyl (C=O) groups is 1. The van der Waals surface area contributed by atoms with E-state index in [2.05, 4.69) is 5.32 Å². The monoisotopic (exact) mass is 299 g/mol. The standard InChI is InChI=1S/C18H18FNO2/c19-14-8-4-7-13(9-14)15-10-16(15)18(22)20-17(11-21)12-5-2-1-3-6-12/h1-9,15-17,21H,10-11H2,(H,20,22). The van der Waals surface area contributed by atoms with Gasteiger partial charge in [-0.1, -0.05) is 42.5 Å². The summed E-state index contributed by atoms with van der Waals surface area (Å²) in [6.07, 6.45) is 0.724.